The van der Waals surface area contributed by atoms with Gasteiger partial charge in [-0.3, -0.25) is 0 Å². The van der Waals surface area contributed by atoms with Gasteiger partial charge in [-0.2, -0.15) is 0 Å². The van der Waals surface area contributed by atoms with Crippen molar-refractivity contribution in [1.29, 1.82) is 0 Å². The smallest absolute Gasteiger partial charge is 0.0948 e. The molecule has 12 heavy (non-hydrogen) atoms. The minimum absolute atomic E-state index is 1.02. The van der Waals surface area contributed by atoms with E-state index in [1.807, 2.05) is 24.9 Å². The van der Waals surface area contributed by atoms with E-state index in [2.05, 4.69) is 22.5 Å². The Morgan fingerprint density at radius 3 is 3.08 bits per heavy atom. The molecule has 0 saturated carbocycles. The average Bonchev–Trinajstić information content (AvgIpc) is 2.46. The van der Waals surface area contributed by atoms with Gasteiger partial charge in [0.05, 0.1) is 18.2 Å². The largest absolute Gasteiger partial charge is 0.334 e. The SMILES string of the molecule is CNCCC=Cc1cncn1C. The van der Waals surface area contributed by atoms with Gasteiger partial charge < -0.3 is 9.88 Å². The molecule has 3 heteroatoms. The topological polar surface area (TPSA) is 29.9 Å². The fourth-order valence-electron chi connectivity index (χ4n) is 0.960. The van der Waals surface area contributed by atoms with Crippen molar-refractivity contribution in [3.8, 4) is 0 Å². The highest BCUT2D eigenvalue weighted by Crippen LogP contribution is 1.99. The molecule has 0 bridgehead atoms. The molecule has 1 N–H and O–H groups in total. The van der Waals surface area contributed by atoms with E-state index in [4.69, 9.17) is 0 Å². The second-order valence-corrected chi connectivity index (χ2v) is 2.72. The molecule has 0 unspecified atom stereocenters. The van der Waals surface area contributed by atoms with E-state index in [0.717, 1.165) is 18.7 Å². The van der Waals surface area contributed by atoms with Crippen molar-refractivity contribution >= 4 is 6.08 Å². The summed E-state index contributed by atoms with van der Waals surface area (Å²) in [6.07, 6.45) is 8.95. The first-order valence-corrected chi connectivity index (χ1v) is 4.12. The van der Waals surface area contributed by atoms with E-state index in [9.17, 15) is 0 Å². The van der Waals surface area contributed by atoms with Gasteiger partial charge in [0.1, 0.15) is 0 Å². The highest BCUT2D eigenvalue weighted by Gasteiger charge is 1.89. The lowest BCUT2D eigenvalue weighted by atomic mass is 10.3. The van der Waals surface area contributed by atoms with Crippen molar-refractivity contribution in [2.75, 3.05) is 13.6 Å². The molecule has 1 heterocycles. The minimum atomic E-state index is 1.02. The maximum absolute atomic E-state index is 4.02. The van der Waals surface area contributed by atoms with Crippen LogP contribution in [0.15, 0.2) is 18.6 Å². The Bertz CT molecular complexity index is 250. The van der Waals surface area contributed by atoms with Gasteiger partial charge in [0, 0.05) is 7.05 Å². The van der Waals surface area contributed by atoms with Gasteiger partial charge in [-0.15, -0.1) is 0 Å². The third-order valence-corrected chi connectivity index (χ3v) is 1.70. The molecule has 1 aromatic rings. The molecular weight excluding hydrogens is 150 g/mol. The minimum Gasteiger partial charge on any atom is -0.334 e. The van der Waals surface area contributed by atoms with Crippen molar-refractivity contribution in [3.63, 3.8) is 0 Å². The summed E-state index contributed by atoms with van der Waals surface area (Å²) in [7, 11) is 3.95. The second kappa shape index (κ2) is 4.72. The molecule has 1 aromatic heterocycles. The van der Waals surface area contributed by atoms with Gasteiger partial charge in [0.2, 0.25) is 0 Å². The molecule has 0 saturated heterocycles. The molecule has 66 valence electrons. The van der Waals surface area contributed by atoms with E-state index < -0.39 is 0 Å². The summed E-state index contributed by atoms with van der Waals surface area (Å²) < 4.78 is 2.00. The van der Waals surface area contributed by atoms with E-state index in [-0.39, 0.29) is 0 Å². The van der Waals surface area contributed by atoms with Gasteiger partial charge in [-0.25, -0.2) is 4.98 Å². The number of aryl methyl sites for hydroxylation is 1. The lowest BCUT2D eigenvalue weighted by Gasteiger charge is -1.94. The molecule has 3 nitrogen and oxygen atoms in total. The Hall–Kier alpha value is -1.09. The quantitative estimate of drug-likeness (QED) is 0.676. The molecule has 0 aromatic carbocycles. The van der Waals surface area contributed by atoms with E-state index in [0.29, 0.717) is 0 Å². The lowest BCUT2D eigenvalue weighted by molar-refractivity contribution is 0.808. The van der Waals surface area contributed by atoms with Crippen molar-refractivity contribution in [3.05, 3.63) is 24.3 Å². The number of hydrogen-bond donors (Lipinski definition) is 1. The maximum atomic E-state index is 4.02. The first kappa shape index (κ1) is 9.00. The van der Waals surface area contributed by atoms with Gasteiger partial charge in [0.25, 0.3) is 0 Å². The number of aromatic nitrogens is 2. The van der Waals surface area contributed by atoms with Crippen molar-refractivity contribution < 1.29 is 0 Å². The molecule has 0 radical (unpaired) electrons. The number of rotatable bonds is 4. The van der Waals surface area contributed by atoms with E-state index >= 15 is 0 Å². The highest BCUT2D eigenvalue weighted by molar-refractivity contribution is 5.43. The molecule has 0 aliphatic rings. The van der Waals surface area contributed by atoms with Gasteiger partial charge in [0.15, 0.2) is 0 Å². The van der Waals surface area contributed by atoms with Crippen molar-refractivity contribution in [2.24, 2.45) is 7.05 Å². The van der Waals surface area contributed by atoms with Crippen LogP contribution in [0, 0.1) is 0 Å². The van der Waals surface area contributed by atoms with Crippen LogP contribution >= 0.6 is 0 Å². The van der Waals surface area contributed by atoms with Crippen LogP contribution in [-0.4, -0.2) is 23.1 Å². The summed E-state index contributed by atoms with van der Waals surface area (Å²) in [5.41, 5.74) is 1.14. The number of imidazole rings is 1. The third-order valence-electron chi connectivity index (χ3n) is 1.70. The fourth-order valence-corrected chi connectivity index (χ4v) is 0.960. The average molecular weight is 165 g/mol. The molecular formula is C9H15N3. The standard InChI is InChI=1S/C9H15N3/c1-10-6-4-3-5-9-7-11-8-12(9)2/h3,5,7-8,10H,4,6H2,1-2H3. The molecule has 0 atom stereocenters. The summed E-state index contributed by atoms with van der Waals surface area (Å²) in [5.74, 6) is 0. The van der Waals surface area contributed by atoms with Gasteiger partial charge in [-0.1, -0.05) is 6.08 Å². The molecule has 0 aliphatic heterocycles. The molecule has 0 aliphatic carbocycles. The van der Waals surface area contributed by atoms with Crippen LogP contribution in [-0.2, 0) is 7.05 Å². The fraction of sp³-hybridized carbons (Fsp3) is 0.444. The Labute approximate surface area is 73.1 Å². The zero-order valence-corrected chi connectivity index (χ0v) is 7.62. The van der Waals surface area contributed by atoms with Crippen LogP contribution in [0.5, 0.6) is 0 Å². The Kier molecular flexibility index (Phi) is 3.54. The van der Waals surface area contributed by atoms with E-state index in [1.54, 1.807) is 6.33 Å². The first-order chi connectivity index (χ1) is 5.84. The van der Waals surface area contributed by atoms with Crippen LogP contribution in [0.25, 0.3) is 6.08 Å². The van der Waals surface area contributed by atoms with Crippen LogP contribution in [0.4, 0.5) is 0 Å². The maximum Gasteiger partial charge on any atom is 0.0948 e. The summed E-state index contributed by atoms with van der Waals surface area (Å²) in [6.45, 7) is 1.02. The van der Waals surface area contributed by atoms with Crippen LogP contribution < -0.4 is 5.32 Å². The molecule has 0 fully saturated rings. The van der Waals surface area contributed by atoms with Crippen LogP contribution in [0.2, 0.25) is 0 Å². The summed E-state index contributed by atoms with van der Waals surface area (Å²) in [5, 5.41) is 3.09. The lowest BCUT2D eigenvalue weighted by Crippen LogP contribution is -2.05. The number of nitrogens with one attached hydrogen (secondary N) is 1. The molecule has 0 amide bonds. The summed E-state index contributed by atoms with van der Waals surface area (Å²) >= 11 is 0. The van der Waals surface area contributed by atoms with Crippen molar-refractivity contribution in [1.82, 2.24) is 14.9 Å². The number of hydrogen-bond acceptors (Lipinski definition) is 2. The Balaban J connectivity index is 2.41. The monoisotopic (exact) mass is 165 g/mol. The highest BCUT2D eigenvalue weighted by atomic mass is 15.0. The van der Waals surface area contributed by atoms with Crippen LogP contribution in [0.1, 0.15) is 12.1 Å². The molecule has 0 spiro atoms. The second-order valence-electron chi connectivity index (χ2n) is 2.72. The summed E-state index contributed by atoms with van der Waals surface area (Å²) in [6, 6.07) is 0. The van der Waals surface area contributed by atoms with E-state index in [1.165, 1.54) is 0 Å². The molecule has 1 rings (SSSR count). The normalized spacial score (nSPS) is 11.2. The zero-order chi connectivity index (χ0) is 8.81. The van der Waals surface area contributed by atoms with Crippen molar-refractivity contribution in [2.45, 2.75) is 6.42 Å². The van der Waals surface area contributed by atoms with Gasteiger partial charge >= 0.3 is 0 Å². The summed E-state index contributed by atoms with van der Waals surface area (Å²) in [4.78, 5) is 4.02. The predicted octanol–water partition coefficient (Wildman–Crippen LogP) is 1.04. The Morgan fingerprint density at radius 1 is 1.67 bits per heavy atom. The third kappa shape index (κ3) is 2.51. The van der Waals surface area contributed by atoms with Crippen LogP contribution in [0.3, 0.4) is 0 Å². The van der Waals surface area contributed by atoms with Gasteiger partial charge in [-0.05, 0) is 26.1 Å². The first-order valence-electron chi connectivity index (χ1n) is 4.12. The zero-order valence-electron chi connectivity index (χ0n) is 7.62. The number of nitrogens with zero attached hydrogens (tertiary/aromatic N) is 2. The Morgan fingerprint density at radius 2 is 2.50 bits per heavy atom. The predicted molar refractivity (Wildman–Crippen MR) is 50.8 cm³/mol.